The number of carbonyl (C=O) groups is 6. The molecule has 15 nitrogen and oxygen atoms in total. The summed E-state index contributed by atoms with van der Waals surface area (Å²) >= 11 is 5.97. The van der Waals surface area contributed by atoms with Crippen molar-refractivity contribution in [3.8, 4) is 11.1 Å². The van der Waals surface area contributed by atoms with E-state index in [1.54, 1.807) is 36.4 Å². The molecule has 3 aromatic rings. The second-order valence-electron chi connectivity index (χ2n) is 13.6. The Balaban J connectivity index is 1.30. The van der Waals surface area contributed by atoms with Gasteiger partial charge in [0.15, 0.2) is 5.78 Å². The quantitative estimate of drug-likeness (QED) is 0.0567. The second kappa shape index (κ2) is 21.2. The number of aliphatic hydroxyl groups is 1. The Morgan fingerprint density at radius 3 is 1.95 bits per heavy atom. The van der Waals surface area contributed by atoms with E-state index < -0.39 is 78.6 Å². The average Bonchev–Trinajstić information content (AvgIpc) is 4.00. The van der Waals surface area contributed by atoms with Crippen LogP contribution in [0, 0.1) is 0 Å². The Labute approximate surface area is 330 Å². The molecule has 1 fully saturated rings. The molecule has 7 atom stereocenters. The molecule has 16 heteroatoms. The summed E-state index contributed by atoms with van der Waals surface area (Å²) in [4.78, 5) is 78.7. The van der Waals surface area contributed by atoms with Crippen LogP contribution in [0.2, 0.25) is 5.02 Å². The van der Waals surface area contributed by atoms with Gasteiger partial charge in [0.05, 0.1) is 18.7 Å². The van der Waals surface area contributed by atoms with Crippen LogP contribution in [0.1, 0.15) is 61.6 Å². The number of halogens is 1. The molecule has 0 bridgehead atoms. The number of benzene rings is 3. The molecule has 5 amide bonds. The summed E-state index contributed by atoms with van der Waals surface area (Å²) in [6.07, 6.45) is -1.18. The van der Waals surface area contributed by atoms with Gasteiger partial charge >= 0.3 is 0 Å². The van der Waals surface area contributed by atoms with Gasteiger partial charge in [0, 0.05) is 10.6 Å². The molecule has 300 valence electrons. The third-order valence-electron chi connectivity index (χ3n) is 9.17. The van der Waals surface area contributed by atoms with E-state index >= 15 is 0 Å². The van der Waals surface area contributed by atoms with Crippen molar-refractivity contribution in [2.75, 3.05) is 19.6 Å². The minimum atomic E-state index is -1.51. The number of nitrogens with two attached hydrogens (primary N) is 2. The molecule has 4 rings (SSSR count). The molecule has 1 aliphatic heterocycles. The number of rotatable bonds is 21. The molecule has 0 aliphatic carbocycles. The third-order valence-corrected chi connectivity index (χ3v) is 9.42. The molecule has 7 unspecified atom stereocenters. The van der Waals surface area contributed by atoms with Crippen LogP contribution in [0.3, 0.4) is 0 Å². The fraction of sp³-hybridized carbons (Fsp3) is 0.400. The van der Waals surface area contributed by atoms with Crippen LogP contribution in [0.4, 0.5) is 0 Å². The predicted octanol–water partition coefficient (Wildman–Crippen LogP) is 1.26. The van der Waals surface area contributed by atoms with Gasteiger partial charge in [-0.05, 0) is 93.6 Å². The van der Waals surface area contributed by atoms with Gasteiger partial charge in [-0.25, -0.2) is 0 Å². The van der Waals surface area contributed by atoms with Crippen molar-refractivity contribution in [1.29, 1.82) is 0 Å². The molecule has 56 heavy (non-hydrogen) atoms. The van der Waals surface area contributed by atoms with Gasteiger partial charge in [0.2, 0.25) is 23.6 Å². The van der Waals surface area contributed by atoms with Crippen molar-refractivity contribution < 1.29 is 38.6 Å². The summed E-state index contributed by atoms with van der Waals surface area (Å²) in [6.45, 7) is 2.61. The smallest absolute Gasteiger partial charge is 0.251 e. The summed E-state index contributed by atoms with van der Waals surface area (Å²) in [5.41, 5.74) is 14.2. The molecule has 10 N–H and O–H groups in total. The van der Waals surface area contributed by atoms with Crippen molar-refractivity contribution in [3.05, 3.63) is 95.0 Å². The number of aliphatic hydroxyl groups excluding tert-OH is 1. The van der Waals surface area contributed by atoms with Crippen molar-refractivity contribution in [2.24, 2.45) is 11.5 Å². The van der Waals surface area contributed by atoms with E-state index in [-0.39, 0.29) is 30.7 Å². The molecule has 0 aromatic heterocycles. The fourth-order valence-electron chi connectivity index (χ4n) is 5.93. The summed E-state index contributed by atoms with van der Waals surface area (Å²) in [6, 6.07) is 18.5. The van der Waals surface area contributed by atoms with Crippen LogP contribution in [-0.4, -0.2) is 96.4 Å². The molecular weight excluding hydrogens is 742 g/mol. The predicted molar refractivity (Wildman–Crippen MR) is 210 cm³/mol. The molecule has 0 radical (unpaired) electrons. The number of hydrogen-bond donors (Lipinski definition) is 8. The Morgan fingerprint density at radius 2 is 1.34 bits per heavy atom. The number of ether oxygens (including phenoxy) is 1. The molecule has 1 aliphatic rings. The van der Waals surface area contributed by atoms with Crippen molar-refractivity contribution >= 4 is 46.9 Å². The van der Waals surface area contributed by atoms with Crippen LogP contribution >= 0.6 is 11.6 Å². The summed E-state index contributed by atoms with van der Waals surface area (Å²) in [5, 5.41) is 23.7. The normalized spacial score (nSPS) is 17.2. The Kier molecular flexibility index (Phi) is 16.5. The zero-order valence-electron chi connectivity index (χ0n) is 31.3. The van der Waals surface area contributed by atoms with Gasteiger partial charge in [-0.1, -0.05) is 66.2 Å². The lowest BCUT2D eigenvalue weighted by Gasteiger charge is -2.25. The summed E-state index contributed by atoms with van der Waals surface area (Å²) in [5.74, 6) is -3.86. The maximum absolute atomic E-state index is 13.3. The first-order valence-electron chi connectivity index (χ1n) is 18.5. The lowest BCUT2D eigenvalue weighted by molar-refractivity contribution is -0.134. The third kappa shape index (κ3) is 12.7. The molecular formula is C40H50ClN7O8. The number of carbonyl (C=O) groups excluding carboxylic acids is 6. The minimum Gasteiger partial charge on any atom is -0.391 e. The number of hydrogen-bond acceptors (Lipinski definition) is 10. The number of Topliss-reactive ketones (excluding diaryl/α,β-unsaturated/α-hetero) is 1. The van der Waals surface area contributed by atoms with E-state index in [4.69, 9.17) is 27.8 Å². The van der Waals surface area contributed by atoms with Crippen LogP contribution in [0.5, 0.6) is 0 Å². The first-order chi connectivity index (χ1) is 26.8. The molecule has 1 saturated heterocycles. The maximum Gasteiger partial charge on any atom is 0.251 e. The van der Waals surface area contributed by atoms with E-state index in [1.165, 1.54) is 13.8 Å². The average molecular weight is 792 g/mol. The van der Waals surface area contributed by atoms with Crippen LogP contribution in [0.15, 0.2) is 78.9 Å². The molecule has 3 aromatic carbocycles. The Hall–Kier alpha value is -5.19. The zero-order chi connectivity index (χ0) is 40.8. The van der Waals surface area contributed by atoms with Crippen molar-refractivity contribution in [1.82, 2.24) is 26.6 Å². The summed E-state index contributed by atoms with van der Waals surface area (Å²) < 4.78 is 5.57. The number of ketones is 1. The van der Waals surface area contributed by atoms with E-state index in [1.807, 2.05) is 42.5 Å². The Bertz CT molecular complexity index is 1810. The first-order valence-corrected chi connectivity index (χ1v) is 18.9. The van der Waals surface area contributed by atoms with Crippen LogP contribution in [0.25, 0.3) is 11.1 Å². The Morgan fingerprint density at radius 1 is 0.732 bits per heavy atom. The highest BCUT2D eigenvalue weighted by molar-refractivity contribution is 6.30. The van der Waals surface area contributed by atoms with Crippen molar-refractivity contribution in [3.63, 3.8) is 0 Å². The van der Waals surface area contributed by atoms with Gasteiger partial charge in [0.1, 0.15) is 30.3 Å². The van der Waals surface area contributed by atoms with Gasteiger partial charge in [-0.3, -0.25) is 28.8 Å². The van der Waals surface area contributed by atoms with E-state index in [2.05, 4.69) is 26.6 Å². The lowest BCUT2D eigenvalue weighted by Crippen LogP contribution is -2.58. The maximum atomic E-state index is 13.3. The van der Waals surface area contributed by atoms with E-state index in [0.29, 0.717) is 24.4 Å². The summed E-state index contributed by atoms with van der Waals surface area (Å²) in [7, 11) is 0. The van der Waals surface area contributed by atoms with E-state index in [0.717, 1.165) is 16.7 Å². The molecule has 0 saturated carbocycles. The van der Waals surface area contributed by atoms with Crippen LogP contribution in [-0.2, 0) is 28.7 Å². The SMILES string of the molecule is CC(NC(=O)C(CCCCN)NC(=O)CNC(=O)C(NC(=O)C(CCN)NC(=O)c1ccc(-c2ccc(Cl)cc2)cc1)C(C)O)C(=O)C1OC1c1ccccc1. The van der Waals surface area contributed by atoms with Gasteiger partial charge in [-0.15, -0.1) is 0 Å². The first kappa shape index (κ1) is 43.5. The van der Waals surface area contributed by atoms with Crippen LogP contribution < -0.4 is 38.1 Å². The van der Waals surface area contributed by atoms with Crippen molar-refractivity contribution in [2.45, 2.75) is 82.0 Å². The van der Waals surface area contributed by atoms with E-state index in [9.17, 15) is 33.9 Å². The number of amides is 5. The standard InChI is InChI=1S/C40H50ClN7O8/c1-23(34(51)36-35(56-36)27-8-4-3-5-9-27)45-38(53)30(10-6-7-20-42)46-32(50)22-44-40(55)33(24(2)49)48-39(54)31(19-21-43)47-37(52)28-13-11-25(12-14-28)26-15-17-29(41)18-16-26/h3-5,8-9,11-18,23-24,30-31,33,35-36,49H,6-7,10,19-22,42-43H2,1-2H3,(H,44,55)(H,45,53)(H,46,50)(H,47,52)(H,48,54). The fourth-order valence-corrected chi connectivity index (χ4v) is 6.06. The highest BCUT2D eigenvalue weighted by Gasteiger charge is 2.47. The largest absolute Gasteiger partial charge is 0.391 e. The second-order valence-corrected chi connectivity index (χ2v) is 14.0. The topological polar surface area (TPSA) is 247 Å². The lowest BCUT2D eigenvalue weighted by atomic mass is 10.0. The minimum absolute atomic E-state index is 0.0229. The zero-order valence-corrected chi connectivity index (χ0v) is 32.1. The van der Waals surface area contributed by atoms with Gasteiger partial charge < -0.3 is 47.9 Å². The van der Waals surface area contributed by atoms with Gasteiger partial charge in [0.25, 0.3) is 5.91 Å². The monoisotopic (exact) mass is 791 g/mol. The number of nitrogens with one attached hydrogen (secondary N) is 5. The highest BCUT2D eigenvalue weighted by atomic mass is 35.5. The number of unbranched alkanes of at least 4 members (excludes halogenated alkanes) is 1. The number of epoxide rings is 1. The molecule has 0 spiro atoms. The highest BCUT2D eigenvalue weighted by Crippen LogP contribution is 2.39. The molecule has 1 heterocycles. The van der Waals surface area contributed by atoms with Gasteiger partial charge in [-0.2, -0.15) is 0 Å².